The Morgan fingerprint density at radius 3 is 2.53 bits per heavy atom. The third-order valence-electron chi connectivity index (χ3n) is 10.6. The summed E-state index contributed by atoms with van der Waals surface area (Å²) in [6.45, 7) is 11.4. The van der Waals surface area contributed by atoms with Crippen molar-refractivity contribution in [2.75, 3.05) is 0 Å². The standard InChI is InChI=1S/C28H48O2/c1-6-14-25(2,29)15-7-8-20-10-12-23-22-11-9-21-19-26(3,30)17-18-28(21,5)24(22)13-16-27(20,23)4/h9,20,22-24,29-30H,6-8,10-19H2,1-5H3/t20-,22-,23-,24-,25-,26-,27+,28-/m0/s1. The van der Waals surface area contributed by atoms with E-state index in [0.29, 0.717) is 10.8 Å². The average Bonchev–Trinajstić information content (AvgIpc) is 2.99. The van der Waals surface area contributed by atoms with Crippen LogP contribution in [0.2, 0.25) is 0 Å². The van der Waals surface area contributed by atoms with E-state index in [2.05, 4.69) is 26.8 Å². The molecule has 0 amide bonds. The summed E-state index contributed by atoms with van der Waals surface area (Å²) in [5.41, 5.74) is 1.48. The molecule has 0 aromatic rings. The lowest BCUT2D eigenvalue weighted by Crippen LogP contribution is -2.51. The summed E-state index contributed by atoms with van der Waals surface area (Å²) in [7, 11) is 0. The van der Waals surface area contributed by atoms with E-state index in [1.807, 2.05) is 13.8 Å². The van der Waals surface area contributed by atoms with Crippen molar-refractivity contribution in [1.82, 2.24) is 0 Å². The van der Waals surface area contributed by atoms with Gasteiger partial charge < -0.3 is 10.2 Å². The van der Waals surface area contributed by atoms with Gasteiger partial charge in [0.1, 0.15) is 0 Å². The molecule has 8 atom stereocenters. The van der Waals surface area contributed by atoms with Gasteiger partial charge in [-0.25, -0.2) is 0 Å². The number of rotatable bonds is 6. The third-order valence-corrected chi connectivity index (χ3v) is 10.6. The number of hydrogen-bond donors (Lipinski definition) is 2. The largest absolute Gasteiger partial charge is 0.390 e. The Balaban J connectivity index is 1.44. The molecule has 2 nitrogen and oxygen atoms in total. The van der Waals surface area contributed by atoms with Gasteiger partial charge in [0.15, 0.2) is 0 Å². The van der Waals surface area contributed by atoms with Crippen LogP contribution in [0.25, 0.3) is 0 Å². The first kappa shape index (κ1) is 22.8. The average molecular weight is 417 g/mol. The molecule has 4 aliphatic rings. The summed E-state index contributed by atoms with van der Waals surface area (Å²) in [4.78, 5) is 0. The molecule has 2 heteroatoms. The Bertz CT molecular complexity index is 662. The van der Waals surface area contributed by atoms with Crippen LogP contribution in [0.4, 0.5) is 0 Å². The van der Waals surface area contributed by atoms with Crippen LogP contribution >= 0.6 is 0 Å². The zero-order valence-corrected chi connectivity index (χ0v) is 20.5. The molecule has 0 saturated heterocycles. The second-order valence-electron chi connectivity index (χ2n) is 12.9. The van der Waals surface area contributed by atoms with Crippen molar-refractivity contribution in [3.8, 4) is 0 Å². The van der Waals surface area contributed by atoms with Crippen LogP contribution in [0.1, 0.15) is 118 Å². The van der Waals surface area contributed by atoms with Gasteiger partial charge in [-0.15, -0.1) is 0 Å². The molecule has 0 radical (unpaired) electrons. The predicted molar refractivity (Wildman–Crippen MR) is 125 cm³/mol. The fourth-order valence-electron chi connectivity index (χ4n) is 8.78. The fraction of sp³-hybridized carbons (Fsp3) is 0.929. The second kappa shape index (κ2) is 7.91. The van der Waals surface area contributed by atoms with Gasteiger partial charge in [0.2, 0.25) is 0 Å². The van der Waals surface area contributed by atoms with Gasteiger partial charge in [-0.3, -0.25) is 0 Å². The van der Waals surface area contributed by atoms with Crippen molar-refractivity contribution in [3.05, 3.63) is 11.6 Å². The summed E-state index contributed by atoms with van der Waals surface area (Å²) < 4.78 is 0. The SMILES string of the molecule is CCC[C@](C)(O)CCC[C@H]1CC[C@H]2[C@@H]3CC=C4C[C@@](C)(O)CC[C@]4(C)[C@H]3CC[C@]12C. The van der Waals surface area contributed by atoms with Gasteiger partial charge in [0.25, 0.3) is 0 Å². The minimum absolute atomic E-state index is 0.337. The summed E-state index contributed by atoms with van der Waals surface area (Å²) in [5.74, 6) is 3.42. The summed E-state index contributed by atoms with van der Waals surface area (Å²) >= 11 is 0. The van der Waals surface area contributed by atoms with Crippen LogP contribution in [-0.4, -0.2) is 21.4 Å². The fourth-order valence-corrected chi connectivity index (χ4v) is 8.78. The van der Waals surface area contributed by atoms with E-state index in [0.717, 1.165) is 55.8 Å². The number of hydrogen-bond acceptors (Lipinski definition) is 2. The lowest BCUT2D eigenvalue weighted by atomic mass is 9.46. The lowest BCUT2D eigenvalue weighted by molar-refractivity contribution is -0.0665. The molecule has 4 rings (SSSR count). The molecule has 0 heterocycles. The minimum atomic E-state index is -0.487. The van der Waals surface area contributed by atoms with Crippen molar-refractivity contribution >= 4 is 0 Å². The number of allylic oxidation sites excluding steroid dienone is 1. The molecule has 0 aromatic carbocycles. The van der Waals surface area contributed by atoms with Gasteiger partial charge in [0.05, 0.1) is 11.2 Å². The molecule has 0 bridgehead atoms. The number of aliphatic hydroxyl groups is 2. The van der Waals surface area contributed by atoms with Crippen molar-refractivity contribution in [1.29, 1.82) is 0 Å². The molecular weight excluding hydrogens is 368 g/mol. The van der Waals surface area contributed by atoms with E-state index in [4.69, 9.17) is 0 Å². The Kier molecular flexibility index (Phi) is 6.02. The highest BCUT2D eigenvalue weighted by molar-refractivity contribution is 5.26. The second-order valence-corrected chi connectivity index (χ2v) is 12.9. The molecule has 0 aromatic heterocycles. The predicted octanol–water partition coefficient (Wildman–Crippen LogP) is 7.04. The first-order valence-corrected chi connectivity index (χ1v) is 13.2. The topological polar surface area (TPSA) is 40.5 Å². The van der Waals surface area contributed by atoms with E-state index < -0.39 is 11.2 Å². The van der Waals surface area contributed by atoms with E-state index in [9.17, 15) is 10.2 Å². The molecule has 0 aliphatic heterocycles. The molecular formula is C28H48O2. The molecule has 0 spiro atoms. The van der Waals surface area contributed by atoms with Crippen LogP contribution in [0.5, 0.6) is 0 Å². The van der Waals surface area contributed by atoms with E-state index in [-0.39, 0.29) is 0 Å². The Morgan fingerprint density at radius 1 is 1.03 bits per heavy atom. The highest BCUT2D eigenvalue weighted by Crippen LogP contribution is 2.67. The highest BCUT2D eigenvalue weighted by Gasteiger charge is 2.58. The van der Waals surface area contributed by atoms with Crippen molar-refractivity contribution in [2.45, 2.75) is 129 Å². The van der Waals surface area contributed by atoms with Crippen molar-refractivity contribution < 1.29 is 10.2 Å². The van der Waals surface area contributed by atoms with E-state index in [1.54, 1.807) is 5.57 Å². The maximum Gasteiger partial charge on any atom is 0.0657 e. The smallest absolute Gasteiger partial charge is 0.0657 e. The summed E-state index contributed by atoms with van der Waals surface area (Å²) in [6.07, 6.45) is 17.9. The molecule has 2 N–H and O–H groups in total. The monoisotopic (exact) mass is 416 g/mol. The normalized spacial score (nSPS) is 47.6. The summed E-state index contributed by atoms with van der Waals surface area (Å²) in [6, 6.07) is 0. The van der Waals surface area contributed by atoms with Gasteiger partial charge in [-0.1, -0.05) is 45.3 Å². The number of fused-ring (bicyclic) bond motifs is 5. The highest BCUT2D eigenvalue weighted by atomic mass is 16.3. The Labute approximate surface area is 185 Å². The molecule has 3 fully saturated rings. The molecule has 30 heavy (non-hydrogen) atoms. The van der Waals surface area contributed by atoms with Gasteiger partial charge in [-0.05, 0) is 119 Å². The zero-order chi connectivity index (χ0) is 21.8. The first-order chi connectivity index (χ1) is 14.0. The molecule has 0 unspecified atom stereocenters. The van der Waals surface area contributed by atoms with Crippen LogP contribution in [0.3, 0.4) is 0 Å². The van der Waals surface area contributed by atoms with Gasteiger partial charge >= 0.3 is 0 Å². The Morgan fingerprint density at radius 2 is 1.80 bits per heavy atom. The lowest BCUT2D eigenvalue weighted by Gasteiger charge is -2.59. The Hall–Kier alpha value is -0.340. The minimum Gasteiger partial charge on any atom is -0.390 e. The van der Waals surface area contributed by atoms with Crippen LogP contribution in [0.15, 0.2) is 11.6 Å². The summed E-state index contributed by atoms with van der Waals surface area (Å²) in [5, 5.41) is 21.3. The van der Waals surface area contributed by atoms with E-state index in [1.165, 1.54) is 51.4 Å². The quantitative estimate of drug-likeness (QED) is 0.456. The van der Waals surface area contributed by atoms with Gasteiger partial charge in [-0.2, -0.15) is 0 Å². The van der Waals surface area contributed by atoms with Crippen molar-refractivity contribution in [3.63, 3.8) is 0 Å². The molecule has 3 saturated carbocycles. The maximum absolute atomic E-state index is 10.7. The molecule has 172 valence electrons. The van der Waals surface area contributed by atoms with Crippen LogP contribution in [-0.2, 0) is 0 Å². The maximum atomic E-state index is 10.7. The zero-order valence-electron chi connectivity index (χ0n) is 20.5. The molecule has 4 aliphatic carbocycles. The van der Waals surface area contributed by atoms with E-state index >= 15 is 0 Å². The van der Waals surface area contributed by atoms with Crippen molar-refractivity contribution in [2.24, 2.45) is 34.5 Å². The first-order valence-electron chi connectivity index (χ1n) is 13.2. The third kappa shape index (κ3) is 3.94. The van der Waals surface area contributed by atoms with Crippen LogP contribution in [0, 0.1) is 34.5 Å². The van der Waals surface area contributed by atoms with Gasteiger partial charge in [0, 0.05) is 0 Å². The van der Waals surface area contributed by atoms with Crippen LogP contribution < -0.4 is 0 Å².